The number of carbonyl (C=O) groups is 1. The van der Waals surface area contributed by atoms with Crippen LogP contribution in [0.25, 0.3) is 0 Å². The van der Waals surface area contributed by atoms with Crippen molar-refractivity contribution in [3.63, 3.8) is 0 Å². The number of fused-ring (bicyclic) bond motifs is 2. The number of hydrogen-bond donors (Lipinski definition) is 1. The van der Waals surface area contributed by atoms with Gasteiger partial charge >= 0.3 is 5.97 Å². The van der Waals surface area contributed by atoms with Crippen molar-refractivity contribution in [2.45, 2.75) is 56.1 Å². The number of thioether (sulfide) groups is 1. The van der Waals surface area contributed by atoms with E-state index in [0.29, 0.717) is 5.92 Å². The third-order valence-electron chi connectivity index (χ3n) is 5.31. The van der Waals surface area contributed by atoms with Crippen molar-refractivity contribution in [2.24, 2.45) is 17.8 Å². The molecule has 0 aromatic carbocycles. The summed E-state index contributed by atoms with van der Waals surface area (Å²) in [4.78, 5) is 10.8. The maximum Gasteiger partial charge on any atom is 0.313 e. The van der Waals surface area contributed by atoms with E-state index in [1.807, 2.05) is 0 Å². The van der Waals surface area contributed by atoms with Crippen LogP contribution in [0.4, 0.5) is 0 Å². The lowest BCUT2D eigenvalue weighted by molar-refractivity contribution is -0.133. The van der Waals surface area contributed by atoms with Crippen LogP contribution in [0.2, 0.25) is 0 Å². The number of carboxylic acid groups (broad SMARTS) is 1. The standard InChI is InChI=1S/C15H21N3O2S/c19-13(20)8-21-15-17-16-14(10-3-4-10)18(15)7-12-6-9-1-2-11(12)5-9/h9-12H,1-8H2,(H,19,20). The van der Waals surface area contributed by atoms with Crippen LogP contribution in [0.15, 0.2) is 5.16 Å². The zero-order chi connectivity index (χ0) is 14.4. The van der Waals surface area contributed by atoms with Crippen molar-refractivity contribution in [1.29, 1.82) is 0 Å². The smallest absolute Gasteiger partial charge is 0.313 e. The van der Waals surface area contributed by atoms with Gasteiger partial charge in [0, 0.05) is 12.5 Å². The first-order valence-electron chi connectivity index (χ1n) is 7.98. The number of aliphatic carboxylic acids is 1. The summed E-state index contributed by atoms with van der Waals surface area (Å²) >= 11 is 1.31. The Kier molecular flexibility index (Phi) is 3.44. The average molecular weight is 307 g/mol. The van der Waals surface area contributed by atoms with Gasteiger partial charge in [-0.05, 0) is 49.9 Å². The molecule has 0 saturated heterocycles. The molecule has 3 aliphatic carbocycles. The van der Waals surface area contributed by atoms with Gasteiger partial charge in [0.05, 0.1) is 5.75 Å². The molecular weight excluding hydrogens is 286 g/mol. The van der Waals surface area contributed by atoms with E-state index in [0.717, 1.165) is 35.3 Å². The number of hydrogen-bond acceptors (Lipinski definition) is 4. The Hall–Kier alpha value is -1.04. The zero-order valence-corrected chi connectivity index (χ0v) is 12.9. The SMILES string of the molecule is O=C(O)CSc1nnc(C2CC2)n1CC1CC2CCC1C2. The zero-order valence-electron chi connectivity index (χ0n) is 12.1. The van der Waals surface area contributed by atoms with Crippen molar-refractivity contribution in [3.8, 4) is 0 Å². The van der Waals surface area contributed by atoms with Crippen molar-refractivity contribution in [3.05, 3.63) is 5.82 Å². The second-order valence-electron chi connectivity index (χ2n) is 6.84. The molecule has 114 valence electrons. The molecule has 0 radical (unpaired) electrons. The predicted molar refractivity (Wildman–Crippen MR) is 79.3 cm³/mol. The fourth-order valence-electron chi connectivity index (χ4n) is 4.18. The maximum absolute atomic E-state index is 10.8. The molecule has 3 saturated carbocycles. The normalized spacial score (nSPS) is 31.0. The summed E-state index contributed by atoms with van der Waals surface area (Å²) in [5.41, 5.74) is 0. The van der Waals surface area contributed by atoms with Gasteiger partial charge in [0.1, 0.15) is 5.82 Å². The van der Waals surface area contributed by atoms with E-state index >= 15 is 0 Å². The average Bonchev–Trinajstić information content (AvgIpc) is 2.92. The highest BCUT2D eigenvalue weighted by atomic mass is 32.2. The van der Waals surface area contributed by atoms with Gasteiger partial charge in [-0.15, -0.1) is 10.2 Å². The number of carboxylic acids is 1. The Balaban J connectivity index is 1.53. The number of nitrogens with zero attached hydrogens (tertiary/aromatic N) is 3. The van der Waals surface area contributed by atoms with Crippen LogP contribution in [-0.2, 0) is 11.3 Å². The third kappa shape index (κ3) is 2.70. The fraction of sp³-hybridized carbons (Fsp3) is 0.800. The molecule has 2 bridgehead atoms. The van der Waals surface area contributed by atoms with Crippen LogP contribution in [0.1, 0.15) is 50.3 Å². The van der Waals surface area contributed by atoms with E-state index in [1.165, 1.54) is 50.3 Å². The van der Waals surface area contributed by atoms with Gasteiger partial charge in [0.2, 0.25) is 0 Å². The molecule has 4 rings (SSSR count). The van der Waals surface area contributed by atoms with E-state index in [-0.39, 0.29) is 5.75 Å². The van der Waals surface area contributed by atoms with Crippen molar-refractivity contribution >= 4 is 17.7 Å². The van der Waals surface area contributed by atoms with Crippen LogP contribution >= 0.6 is 11.8 Å². The highest BCUT2D eigenvalue weighted by Crippen LogP contribution is 2.49. The first-order valence-corrected chi connectivity index (χ1v) is 8.97. The second-order valence-corrected chi connectivity index (χ2v) is 7.79. The van der Waals surface area contributed by atoms with Gasteiger partial charge in [0.15, 0.2) is 5.16 Å². The molecule has 0 amide bonds. The number of aromatic nitrogens is 3. The summed E-state index contributed by atoms with van der Waals surface area (Å²) in [6, 6.07) is 0. The van der Waals surface area contributed by atoms with E-state index in [2.05, 4.69) is 14.8 Å². The molecule has 6 heteroatoms. The molecule has 21 heavy (non-hydrogen) atoms. The van der Waals surface area contributed by atoms with E-state index in [4.69, 9.17) is 5.11 Å². The maximum atomic E-state index is 10.8. The van der Waals surface area contributed by atoms with E-state index < -0.39 is 5.97 Å². The Morgan fingerprint density at radius 2 is 2.10 bits per heavy atom. The highest BCUT2D eigenvalue weighted by molar-refractivity contribution is 7.99. The predicted octanol–water partition coefficient (Wildman–Crippen LogP) is 2.77. The first-order chi connectivity index (χ1) is 10.2. The Labute approximate surface area is 128 Å². The molecule has 1 aromatic heterocycles. The minimum Gasteiger partial charge on any atom is -0.481 e. The minimum atomic E-state index is -0.789. The third-order valence-corrected chi connectivity index (χ3v) is 6.27. The van der Waals surface area contributed by atoms with Gasteiger partial charge in [-0.3, -0.25) is 4.79 Å². The molecule has 1 N–H and O–H groups in total. The van der Waals surface area contributed by atoms with Crippen molar-refractivity contribution in [2.75, 3.05) is 5.75 Å². The molecule has 3 aliphatic rings. The lowest BCUT2D eigenvalue weighted by Crippen LogP contribution is -2.19. The Morgan fingerprint density at radius 3 is 2.71 bits per heavy atom. The first kappa shape index (κ1) is 13.6. The molecule has 0 spiro atoms. The summed E-state index contributed by atoms with van der Waals surface area (Å²) in [6.07, 6.45) is 7.96. The van der Waals surface area contributed by atoms with Crippen LogP contribution in [0.5, 0.6) is 0 Å². The van der Waals surface area contributed by atoms with E-state index in [1.54, 1.807) is 0 Å². The lowest BCUT2D eigenvalue weighted by atomic mass is 9.89. The summed E-state index contributed by atoms with van der Waals surface area (Å²) in [6.45, 7) is 1.00. The molecule has 0 aliphatic heterocycles. The lowest BCUT2D eigenvalue weighted by Gasteiger charge is -2.23. The van der Waals surface area contributed by atoms with Crippen molar-refractivity contribution < 1.29 is 9.90 Å². The van der Waals surface area contributed by atoms with Gasteiger partial charge < -0.3 is 9.67 Å². The van der Waals surface area contributed by atoms with Gasteiger partial charge in [-0.25, -0.2) is 0 Å². The molecule has 3 unspecified atom stereocenters. The molecule has 1 aromatic rings. The Morgan fingerprint density at radius 1 is 1.24 bits per heavy atom. The topological polar surface area (TPSA) is 68.0 Å². The minimum absolute atomic E-state index is 0.0690. The number of rotatable bonds is 6. The monoisotopic (exact) mass is 307 g/mol. The fourth-order valence-corrected chi connectivity index (χ4v) is 4.86. The summed E-state index contributed by atoms with van der Waals surface area (Å²) in [5, 5.41) is 18.3. The molecule has 3 fully saturated rings. The molecular formula is C15H21N3O2S. The molecule has 1 heterocycles. The summed E-state index contributed by atoms with van der Waals surface area (Å²) < 4.78 is 2.25. The van der Waals surface area contributed by atoms with Crippen molar-refractivity contribution in [1.82, 2.24) is 14.8 Å². The largest absolute Gasteiger partial charge is 0.481 e. The quantitative estimate of drug-likeness (QED) is 0.819. The van der Waals surface area contributed by atoms with Crippen LogP contribution in [0.3, 0.4) is 0 Å². The Bertz CT molecular complexity index is 555. The second kappa shape index (κ2) is 5.30. The van der Waals surface area contributed by atoms with E-state index in [9.17, 15) is 4.79 Å². The highest BCUT2D eigenvalue weighted by Gasteiger charge is 2.40. The molecule has 5 nitrogen and oxygen atoms in total. The van der Waals surface area contributed by atoms with Gasteiger partial charge in [0.25, 0.3) is 0 Å². The van der Waals surface area contributed by atoms with Crippen LogP contribution in [-0.4, -0.2) is 31.6 Å². The summed E-state index contributed by atoms with van der Waals surface area (Å²) in [5.74, 6) is 3.52. The van der Waals surface area contributed by atoms with Gasteiger partial charge in [-0.1, -0.05) is 18.2 Å². The van der Waals surface area contributed by atoms with Gasteiger partial charge in [-0.2, -0.15) is 0 Å². The van der Waals surface area contributed by atoms with Crippen LogP contribution < -0.4 is 0 Å². The molecule has 3 atom stereocenters. The summed E-state index contributed by atoms with van der Waals surface area (Å²) in [7, 11) is 0. The van der Waals surface area contributed by atoms with Crippen LogP contribution in [0, 0.1) is 17.8 Å².